The van der Waals surface area contributed by atoms with Crippen LogP contribution in [0.1, 0.15) is 44.2 Å². The molecule has 136 valence electrons. The van der Waals surface area contributed by atoms with Crippen molar-refractivity contribution in [2.75, 3.05) is 20.2 Å². The fourth-order valence-electron chi connectivity index (χ4n) is 3.30. The van der Waals surface area contributed by atoms with Gasteiger partial charge in [-0.15, -0.1) is 0 Å². The van der Waals surface area contributed by atoms with Crippen LogP contribution in [0.15, 0.2) is 24.3 Å². The van der Waals surface area contributed by atoms with Crippen molar-refractivity contribution in [1.29, 1.82) is 0 Å². The fraction of sp³-hybridized carbons (Fsp3) is 0.579. The van der Waals surface area contributed by atoms with Crippen LogP contribution in [0.3, 0.4) is 0 Å². The lowest BCUT2D eigenvalue weighted by Gasteiger charge is -2.33. The number of piperidine rings is 1. The molecule has 1 aliphatic heterocycles. The minimum absolute atomic E-state index is 0.0952. The van der Waals surface area contributed by atoms with Gasteiger partial charge in [0.1, 0.15) is 5.75 Å². The topological polar surface area (TPSA) is 70.7 Å². The first-order chi connectivity index (χ1) is 12.1. The maximum absolute atomic E-state index is 12.6. The van der Waals surface area contributed by atoms with Crippen molar-refractivity contribution in [1.82, 2.24) is 15.5 Å². The molecule has 2 fully saturated rings. The number of ether oxygens (including phenoxy) is 1. The number of benzene rings is 1. The predicted molar refractivity (Wildman–Crippen MR) is 95.4 cm³/mol. The van der Waals surface area contributed by atoms with Gasteiger partial charge < -0.3 is 20.3 Å². The smallest absolute Gasteiger partial charge is 0.317 e. The van der Waals surface area contributed by atoms with Gasteiger partial charge in [-0.3, -0.25) is 4.79 Å². The van der Waals surface area contributed by atoms with E-state index >= 15 is 0 Å². The van der Waals surface area contributed by atoms with Gasteiger partial charge in [0.05, 0.1) is 19.1 Å². The molecule has 0 unspecified atom stereocenters. The third kappa shape index (κ3) is 4.44. The molecule has 3 rings (SSSR count). The van der Waals surface area contributed by atoms with Crippen LogP contribution in [-0.4, -0.2) is 43.1 Å². The van der Waals surface area contributed by atoms with Crippen molar-refractivity contribution in [3.05, 3.63) is 29.8 Å². The highest BCUT2D eigenvalue weighted by Crippen LogP contribution is 2.25. The van der Waals surface area contributed by atoms with E-state index in [1.807, 2.05) is 31.2 Å². The van der Waals surface area contributed by atoms with Crippen molar-refractivity contribution < 1.29 is 14.3 Å². The molecule has 0 radical (unpaired) electrons. The molecule has 1 aliphatic carbocycles. The summed E-state index contributed by atoms with van der Waals surface area (Å²) in [5.74, 6) is 0.759. The van der Waals surface area contributed by atoms with E-state index in [1.54, 1.807) is 12.0 Å². The Bertz CT molecular complexity index is 630. The minimum Gasteiger partial charge on any atom is -0.496 e. The number of nitrogens with zero attached hydrogens (tertiary/aromatic N) is 1. The quantitative estimate of drug-likeness (QED) is 0.861. The van der Waals surface area contributed by atoms with Gasteiger partial charge in [0.15, 0.2) is 0 Å². The predicted octanol–water partition coefficient (Wildman–Crippen LogP) is 2.46. The minimum atomic E-state index is -0.163. The summed E-state index contributed by atoms with van der Waals surface area (Å²) < 4.78 is 5.37. The molecule has 2 aliphatic rings. The molecule has 3 amide bonds. The first-order valence-electron chi connectivity index (χ1n) is 9.07. The van der Waals surface area contributed by atoms with Crippen molar-refractivity contribution in [3.63, 3.8) is 0 Å². The Kier molecular flexibility index (Phi) is 5.46. The number of likely N-dealkylation sites (tertiary alicyclic amines) is 1. The standard InChI is InChI=1S/C19H27N3O3/c1-13(16-7-3-4-8-17(16)25-2)20-19(24)22-11-5-6-14(12-22)18(23)21-15-9-10-15/h3-4,7-8,13-15H,5-6,9-12H2,1-2H3,(H,20,24)(H,21,23)/t13-,14-/m1/s1. The zero-order valence-corrected chi connectivity index (χ0v) is 15.0. The Morgan fingerprint density at radius 3 is 2.72 bits per heavy atom. The van der Waals surface area contributed by atoms with Gasteiger partial charge in [0.25, 0.3) is 0 Å². The Morgan fingerprint density at radius 2 is 2.00 bits per heavy atom. The third-order valence-corrected chi connectivity index (χ3v) is 4.95. The summed E-state index contributed by atoms with van der Waals surface area (Å²) in [6.07, 6.45) is 3.88. The highest BCUT2D eigenvalue weighted by atomic mass is 16.5. The first kappa shape index (κ1) is 17.6. The second-order valence-corrected chi connectivity index (χ2v) is 6.98. The highest BCUT2D eigenvalue weighted by molar-refractivity contribution is 5.81. The van der Waals surface area contributed by atoms with E-state index < -0.39 is 0 Å². The molecule has 6 nitrogen and oxygen atoms in total. The van der Waals surface area contributed by atoms with Crippen LogP contribution in [-0.2, 0) is 4.79 Å². The SMILES string of the molecule is COc1ccccc1[C@@H](C)NC(=O)N1CCC[C@@H](C(=O)NC2CC2)C1. The lowest BCUT2D eigenvalue weighted by Crippen LogP contribution is -2.49. The van der Waals surface area contributed by atoms with Gasteiger partial charge in [-0.1, -0.05) is 18.2 Å². The van der Waals surface area contributed by atoms with Crippen LogP contribution >= 0.6 is 0 Å². The molecule has 1 saturated heterocycles. The molecular weight excluding hydrogens is 318 g/mol. The Hall–Kier alpha value is -2.24. The molecule has 1 aromatic carbocycles. The van der Waals surface area contributed by atoms with Gasteiger partial charge in [0.2, 0.25) is 5.91 Å². The van der Waals surface area contributed by atoms with Crippen molar-refractivity contribution in [3.8, 4) is 5.75 Å². The number of urea groups is 1. The Balaban J connectivity index is 1.57. The number of methoxy groups -OCH3 is 1. The van der Waals surface area contributed by atoms with E-state index in [1.165, 1.54) is 0 Å². The molecule has 0 spiro atoms. The third-order valence-electron chi connectivity index (χ3n) is 4.95. The van der Waals surface area contributed by atoms with Crippen LogP contribution in [0.25, 0.3) is 0 Å². The molecule has 2 atom stereocenters. The molecule has 6 heteroatoms. The molecule has 1 heterocycles. The van der Waals surface area contributed by atoms with Gasteiger partial charge in [-0.2, -0.15) is 0 Å². The summed E-state index contributed by atoms with van der Waals surface area (Å²) in [7, 11) is 1.63. The highest BCUT2D eigenvalue weighted by Gasteiger charge is 2.32. The van der Waals surface area contributed by atoms with Crippen molar-refractivity contribution in [2.45, 2.75) is 44.7 Å². The largest absolute Gasteiger partial charge is 0.496 e. The molecular formula is C19H27N3O3. The number of para-hydroxylation sites is 1. The van der Waals surface area contributed by atoms with Crippen molar-refractivity contribution >= 4 is 11.9 Å². The second-order valence-electron chi connectivity index (χ2n) is 6.98. The zero-order chi connectivity index (χ0) is 17.8. The summed E-state index contributed by atoms with van der Waals surface area (Å²) in [5.41, 5.74) is 0.943. The lowest BCUT2D eigenvalue weighted by molar-refractivity contribution is -0.126. The van der Waals surface area contributed by atoms with Gasteiger partial charge in [-0.25, -0.2) is 4.79 Å². The van der Waals surface area contributed by atoms with Crippen LogP contribution < -0.4 is 15.4 Å². The summed E-state index contributed by atoms with van der Waals surface area (Å²) in [4.78, 5) is 26.6. The van der Waals surface area contributed by atoms with Crippen LogP contribution in [0.2, 0.25) is 0 Å². The molecule has 1 saturated carbocycles. The van der Waals surface area contributed by atoms with E-state index in [2.05, 4.69) is 10.6 Å². The average molecular weight is 345 g/mol. The van der Waals surface area contributed by atoms with Gasteiger partial charge in [-0.05, 0) is 38.7 Å². The Morgan fingerprint density at radius 1 is 1.24 bits per heavy atom. The van der Waals surface area contributed by atoms with Gasteiger partial charge >= 0.3 is 6.03 Å². The van der Waals surface area contributed by atoms with Crippen LogP contribution in [0.4, 0.5) is 4.79 Å². The number of nitrogens with one attached hydrogen (secondary N) is 2. The van der Waals surface area contributed by atoms with Crippen molar-refractivity contribution in [2.24, 2.45) is 5.92 Å². The average Bonchev–Trinajstić information content (AvgIpc) is 3.45. The Labute approximate surface area is 148 Å². The van der Waals surface area contributed by atoms with E-state index in [4.69, 9.17) is 4.74 Å². The lowest BCUT2D eigenvalue weighted by atomic mass is 9.97. The maximum atomic E-state index is 12.6. The fourth-order valence-corrected chi connectivity index (χ4v) is 3.30. The number of hydrogen-bond acceptors (Lipinski definition) is 3. The zero-order valence-electron chi connectivity index (χ0n) is 15.0. The van der Waals surface area contributed by atoms with Crippen LogP contribution in [0, 0.1) is 5.92 Å². The number of rotatable bonds is 5. The van der Waals surface area contributed by atoms with E-state index in [-0.39, 0.29) is 23.9 Å². The molecule has 1 aromatic rings. The summed E-state index contributed by atoms with van der Waals surface area (Å²) in [6.45, 7) is 3.12. The van der Waals surface area contributed by atoms with E-state index in [0.717, 1.165) is 37.0 Å². The summed E-state index contributed by atoms with van der Waals surface area (Å²) in [5, 5.41) is 6.08. The second kappa shape index (κ2) is 7.76. The summed E-state index contributed by atoms with van der Waals surface area (Å²) >= 11 is 0. The molecule has 0 bridgehead atoms. The maximum Gasteiger partial charge on any atom is 0.317 e. The van der Waals surface area contributed by atoms with Gasteiger partial charge in [0, 0.05) is 24.7 Å². The first-order valence-corrected chi connectivity index (χ1v) is 9.07. The summed E-state index contributed by atoms with van der Waals surface area (Å²) in [6, 6.07) is 7.75. The molecule has 2 N–H and O–H groups in total. The normalized spacial score (nSPS) is 21.4. The van der Waals surface area contributed by atoms with Crippen LogP contribution in [0.5, 0.6) is 5.75 Å². The monoisotopic (exact) mass is 345 g/mol. The van der Waals surface area contributed by atoms with E-state index in [0.29, 0.717) is 19.1 Å². The van der Waals surface area contributed by atoms with E-state index in [9.17, 15) is 9.59 Å². The number of carbonyl (C=O) groups is 2. The molecule has 25 heavy (non-hydrogen) atoms. The molecule has 0 aromatic heterocycles. The number of amides is 3. The number of hydrogen-bond donors (Lipinski definition) is 2. The number of carbonyl (C=O) groups excluding carboxylic acids is 2.